The van der Waals surface area contributed by atoms with Gasteiger partial charge in [-0.25, -0.2) is 13.2 Å². The molecule has 50 heavy (non-hydrogen) atoms. The number of urea groups is 1. The first-order valence-electron chi connectivity index (χ1n) is 17.7. The number of piperidine rings is 1. The van der Waals surface area contributed by atoms with Crippen molar-refractivity contribution < 1.29 is 32.4 Å². The molecular formula is C36H59N5O7S2. The minimum absolute atomic E-state index is 0.0273. The van der Waals surface area contributed by atoms with Crippen molar-refractivity contribution in [1.29, 1.82) is 0 Å². The smallest absolute Gasteiger partial charge is 0.315 e. The fourth-order valence-corrected chi connectivity index (χ4v) is 9.24. The minimum atomic E-state index is -3.57. The molecule has 2 unspecified atom stereocenters. The van der Waals surface area contributed by atoms with Crippen LogP contribution in [0.25, 0.3) is 0 Å². The van der Waals surface area contributed by atoms with Crippen molar-refractivity contribution in [2.24, 2.45) is 22.7 Å². The van der Waals surface area contributed by atoms with Crippen LogP contribution in [0.2, 0.25) is 0 Å². The topological polar surface area (TPSA) is 171 Å². The fourth-order valence-electron chi connectivity index (χ4n) is 7.42. The van der Waals surface area contributed by atoms with Crippen LogP contribution < -0.4 is 21.3 Å². The van der Waals surface area contributed by atoms with Gasteiger partial charge in [-0.05, 0) is 69.0 Å². The lowest BCUT2D eigenvalue weighted by molar-refractivity contribution is -0.145. The van der Waals surface area contributed by atoms with Gasteiger partial charge in [-0.2, -0.15) is 11.8 Å². The summed E-state index contributed by atoms with van der Waals surface area (Å²) in [5.41, 5.74) is -1.99. The molecule has 14 heteroatoms. The molecule has 3 fully saturated rings. The zero-order valence-electron chi connectivity index (χ0n) is 31.4. The van der Waals surface area contributed by atoms with Crippen LogP contribution in [0.5, 0.6) is 0 Å². The maximum absolute atomic E-state index is 14.4. The summed E-state index contributed by atoms with van der Waals surface area (Å²) in [4.78, 5) is 69.5. The summed E-state index contributed by atoms with van der Waals surface area (Å²) in [6, 6.07) is -3.79. The third kappa shape index (κ3) is 9.55. The number of hydrogen-bond acceptors (Lipinski definition) is 8. The molecular weight excluding hydrogens is 679 g/mol. The summed E-state index contributed by atoms with van der Waals surface area (Å²) in [6.45, 7) is 15.1. The van der Waals surface area contributed by atoms with Crippen LogP contribution in [0.15, 0.2) is 0 Å². The Bertz CT molecular complexity index is 1450. The Morgan fingerprint density at radius 3 is 2.16 bits per heavy atom. The number of Topliss-reactive ketones (excluding diaryl/α,β-unsaturated/α-hetero) is 1. The van der Waals surface area contributed by atoms with Crippen LogP contribution in [0.4, 0.5) is 4.79 Å². The van der Waals surface area contributed by atoms with Crippen LogP contribution in [0.3, 0.4) is 0 Å². The maximum Gasteiger partial charge on any atom is 0.315 e. The van der Waals surface area contributed by atoms with Gasteiger partial charge in [-0.3, -0.25) is 19.2 Å². The third-order valence-electron chi connectivity index (χ3n) is 10.8. The Hall–Kier alpha value is -2.79. The SMILES string of the molecule is C#CCCC(NC(=O)[C@@H]1C2[C@H](CN1C(=O)[C@@H](NC(=O)NC1(CS(=O)(=O)C(C)(C)C)CCCCC1)C(C)(C)C)C2(C)C)C(=O)C(=O)NCCSC. The average Bonchev–Trinajstić information content (AvgIpc) is 3.31. The number of fused-ring (bicyclic) bond motifs is 1. The summed E-state index contributed by atoms with van der Waals surface area (Å²) >= 11 is 1.52. The first-order chi connectivity index (χ1) is 23.0. The molecule has 3 aliphatic rings. The van der Waals surface area contributed by atoms with Gasteiger partial charge in [0.2, 0.25) is 17.6 Å². The zero-order chi connectivity index (χ0) is 37.9. The van der Waals surface area contributed by atoms with Crippen molar-refractivity contribution in [3.05, 3.63) is 0 Å². The number of terminal acetylenes is 1. The van der Waals surface area contributed by atoms with Crippen LogP contribution in [0, 0.1) is 35.0 Å². The number of nitrogens with one attached hydrogen (secondary N) is 4. The predicted molar refractivity (Wildman–Crippen MR) is 197 cm³/mol. The van der Waals surface area contributed by atoms with Gasteiger partial charge < -0.3 is 26.2 Å². The van der Waals surface area contributed by atoms with Crippen LogP contribution in [0.1, 0.15) is 100 Å². The number of rotatable bonds is 14. The van der Waals surface area contributed by atoms with E-state index in [9.17, 15) is 32.4 Å². The molecule has 1 aliphatic heterocycles. The van der Waals surface area contributed by atoms with Gasteiger partial charge >= 0.3 is 6.03 Å². The van der Waals surface area contributed by atoms with E-state index >= 15 is 0 Å². The monoisotopic (exact) mass is 737 g/mol. The van der Waals surface area contributed by atoms with E-state index in [4.69, 9.17) is 6.42 Å². The van der Waals surface area contributed by atoms with Gasteiger partial charge in [0.05, 0.1) is 22.1 Å². The molecule has 5 atom stereocenters. The number of thioether (sulfide) groups is 1. The molecule has 12 nitrogen and oxygen atoms in total. The minimum Gasteiger partial charge on any atom is -0.349 e. The van der Waals surface area contributed by atoms with E-state index in [1.165, 1.54) is 16.7 Å². The number of ketones is 1. The van der Waals surface area contributed by atoms with Crippen molar-refractivity contribution >= 4 is 51.1 Å². The number of likely N-dealkylation sites (tertiary alicyclic amines) is 1. The molecule has 2 aliphatic carbocycles. The number of carbonyl (C=O) groups excluding carboxylic acids is 5. The van der Waals surface area contributed by atoms with Gasteiger partial charge in [0.25, 0.3) is 5.91 Å². The van der Waals surface area contributed by atoms with Gasteiger partial charge in [0.15, 0.2) is 9.84 Å². The summed E-state index contributed by atoms with van der Waals surface area (Å²) < 4.78 is 25.6. The Balaban J connectivity index is 1.85. The highest BCUT2D eigenvalue weighted by atomic mass is 32.2. The largest absolute Gasteiger partial charge is 0.349 e. The van der Waals surface area contributed by atoms with Crippen LogP contribution >= 0.6 is 11.8 Å². The van der Waals surface area contributed by atoms with Crippen molar-refractivity contribution in [2.75, 3.05) is 30.9 Å². The van der Waals surface area contributed by atoms with Crippen molar-refractivity contribution in [1.82, 2.24) is 26.2 Å². The number of sulfone groups is 1. The fraction of sp³-hybridized carbons (Fsp3) is 0.806. The lowest BCUT2D eigenvalue weighted by atomic mass is 9.83. The highest BCUT2D eigenvalue weighted by molar-refractivity contribution is 7.98. The van der Waals surface area contributed by atoms with Crippen LogP contribution in [-0.4, -0.2) is 102 Å². The number of hydrogen-bond donors (Lipinski definition) is 4. The van der Waals surface area contributed by atoms with Crippen molar-refractivity contribution in [3.8, 4) is 12.3 Å². The van der Waals surface area contributed by atoms with Crippen LogP contribution in [-0.2, 0) is 29.0 Å². The Morgan fingerprint density at radius 2 is 1.62 bits per heavy atom. The molecule has 0 bridgehead atoms. The third-order valence-corrected chi connectivity index (χ3v) is 14.2. The number of carbonyl (C=O) groups is 5. The second kappa shape index (κ2) is 15.8. The second-order valence-electron chi connectivity index (χ2n) is 16.9. The standard InChI is InChI=1S/C36H59N5O7S2/c1-11-12-16-24(27(42)30(44)37-19-20-49-10)38-29(43)26-25-23(35(25,8)9)21-41(26)31(45)28(33(2,3)4)39-32(46)40-36(17-14-13-15-18-36)22-50(47,48)34(5,6)7/h1,23-26,28H,12-22H2,2-10H3,(H,37,44)(H,38,43)(H2,39,40,46)/t23-,24?,25?,26-,28+/m0/s1. The highest BCUT2D eigenvalue weighted by Gasteiger charge is 2.70. The quantitative estimate of drug-likeness (QED) is 0.120. The summed E-state index contributed by atoms with van der Waals surface area (Å²) in [5, 5.41) is 11.2. The Kier molecular flexibility index (Phi) is 13.2. The summed E-state index contributed by atoms with van der Waals surface area (Å²) in [5.74, 6) is 0.124. The lowest BCUT2D eigenvalue weighted by Crippen LogP contribution is -2.64. The van der Waals surface area contributed by atoms with Crippen molar-refractivity contribution in [3.63, 3.8) is 0 Å². The molecule has 4 N–H and O–H groups in total. The molecule has 1 saturated heterocycles. The van der Waals surface area contributed by atoms with Gasteiger partial charge in [0, 0.05) is 25.3 Å². The summed E-state index contributed by atoms with van der Waals surface area (Å²) in [6.07, 6.45) is 11.1. The molecule has 0 aromatic carbocycles. The Morgan fingerprint density at radius 1 is 1.00 bits per heavy atom. The second-order valence-corrected chi connectivity index (χ2v) is 20.6. The first kappa shape index (κ1) is 41.6. The molecule has 282 valence electrons. The van der Waals surface area contributed by atoms with Gasteiger partial charge in [-0.1, -0.05) is 53.9 Å². The zero-order valence-corrected chi connectivity index (χ0v) is 33.0. The molecule has 5 amide bonds. The van der Waals surface area contributed by atoms with E-state index < -0.39 is 73.2 Å². The molecule has 0 aromatic heterocycles. The number of nitrogens with zero attached hydrogens (tertiary/aromatic N) is 1. The maximum atomic E-state index is 14.4. The first-order valence-corrected chi connectivity index (χ1v) is 20.7. The summed E-state index contributed by atoms with van der Waals surface area (Å²) in [7, 11) is -3.57. The van der Waals surface area contributed by atoms with E-state index in [2.05, 4.69) is 27.2 Å². The molecule has 3 rings (SSSR count). The molecule has 2 saturated carbocycles. The van der Waals surface area contributed by atoms with E-state index in [1.54, 1.807) is 20.8 Å². The molecule has 1 heterocycles. The van der Waals surface area contributed by atoms with E-state index in [1.807, 2.05) is 40.9 Å². The molecule has 0 spiro atoms. The van der Waals surface area contributed by atoms with Crippen molar-refractivity contribution in [2.45, 2.75) is 129 Å². The number of amides is 5. The Labute approximate surface area is 303 Å². The molecule has 0 aromatic rings. The van der Waals surface area contributed by atoms with E-state index in [0.29, 0.717) is 25.1 Å². The normalized spacial score (nSPS) is 23.8. The van der Waals surface area contributed by atoms with E-state index in [-0.39, 0.29) is 42.4 Å². The predicted octanol–water partition coefficient (Wildman–Crippen LogP) is 3.05. The lowest BCUT2D eigenvalue weighted by Gasteiger charge is -2.41. The molecule has 0 radical (unpaired) electrons. The van der Waals surface area contributed by atoms with E-state index in [0.717, 1.165) is 19.3 Å². The van der Waals surface area contributed by atoms with Gasteiger partial charge in [0.1, 0.15) is 12.1 Å². The highest BCUT2D eigenvalue weighted by Crippen LogP contribution is 2.65. The average molecular weight is 738 g/mol. The van der Waals surface area contributed by atoms with Gasteiger partial charge in [-0.15, -0.1) is 12.3 Å².